The number of ether oxygens (including phenoxy) is 3. The van der Waals surface area contributed by atoms with Gasteiger partial charge in [-0.1, -0.05) is 12.1 Å². The van der Waals surface area contributed by atoms with Gasteiger partial charge < -0.3 is 29.7 Å². The van der Waals surface area contributed by atoms with Gasteiger partial charge in [-0.15, -0.1) is 10.2 Å². The van der Waals surface area contributed by atoms with Crippen LogP contribution in [-0.2, 0) is 16.1 Å². The number of aromatic nitrogens is 3. The summed E-state index contributed by atoms with van der Waals surface area (Å²) in [5, 5.41) is 13.9. The number of carbonyl (C=O) groups excluding carboxylic acids is 3. The molecule has 1 aliphatic carbocycles. The topological polar surface area (TPSA) is 136 Å². The van der Waals surface area contributed by atoms with E-state index in [-0.39, 0.29) is 49.9 Å². The molecule has 4 bridgehead atoms. The molecule has 2 N–H and O–H groups in total. The molecular formula is C33H34N6O6. The monoisotopic (exact) mass is 610 g/mol. The van der Waals surface area contributed by atoms with Crippen molar-refractivity contribution in [3.05, 3.63) is 83.8 Å². The van der Waals surface area contributed by atoms with E-state index in [9.17, 15) is 14.4 Å². The molecule has 3 amide bonds. The molecule has 7 rings (SSSR count). The highest BCUT2D eigenvalue weighted by atomic mass is 16.5. The van der Waals surface area contributed by atoms with Crippen LogP contribution in [0.2, 0.25) is 0 Å². The minimum absolute atomic E-state index is 0.0595. The van der Waals surface area contributed by atoms with Crippen LogP contribution in [0.25, 0.3) is 5.65 Å². The van der Waals surface area contributed by atoms with Crippen molar-refractivity contribution in [3.63, 3.8) is 0 Å². The van der Waals surface area contributed by atoms with Crippen molar-refractivity contribution in [3.8, 4) is 17.2 Å². The maximum atomic E-state index is 13.6. The first-order valence-corrected chi connectivity index (χ1v) is 15.3. The third kappa shape index (κ3) is 6.75. The quantitative estimate of drug-likeness (QED) is 0.359. The summed E-state index contributed by atoms with van der Waals surface area (Å²) in [6.07, 6.45) is 5.88. The standard InChI is InChI=1S/C33H34N6O6/c40-30-8-10-34-32(41)23-14-25(43-18-21-6-7-21)16-26(15-23)45-24-4-1-3-22(13-24)19-44-29-9-12-38(17-28(29)36-30)33(42)27-5-2-11-39-20-35-37-31(27)39/h1-5,11,13-16,20-21,28-29H,6-10,12,17-19H2,(H,34,41)(H,36,40)/t28-,29+/m0/s1. The number of pyridine rings is 1. The number of nitrogens with zero attached hydrogens (tertiary/aromatic N) is 4. The average molecular weight is 611 g/mol. The SMILES string of the molecule is O=C1CCNC(=O)c2cc(OCC3CC3)cc(c2)Oc2cccc(c2)CO[C@@H]2CCN(C(=O)c3cccn4cnnc34)C[C@@H]2N1. The lowest BCUT2D eigenvalue weighted by atomic mass is 10.0. The maximum Gasteiger partial charge on any atom is 0.257 e. The van der Waals surface area contributed by atoms with Gasteiger partial charge in [0.05, 0.1) is 30.9 Å². The number of piperidine rings is 1. The molecular weight excluding hydrogens is 576 g/mol. The largest absolute Gasteiger partial charge is 0.493 e. The van der Waals surface area contributed by atoms with Crippen molar-refractivity contribution in [2.75, 3.05) is 26.2 Å². The summed E-state index contributed by atoms with van der Waals surface area (Å²) in [5.74, 6) is 1.41. The first kappa shape index (κ1) is 28.8. The van der Waals surface area contributed by atoms with Crippen LogP contribution in [0, 0.1) is 5.92 Å². The molecule has 0 spiro atoms. The minimum Gasteiger partial charge on any atom is -0.493 e. The highest BCUT2D eigenvalue weighted by Gasteiger charge is 2.34. The first-order valence-electron chi connectivity index (χ1n) is 15.3. The van der Waals surface area contributed by atoms with Gasteiger partial charge in [-0.25, -0.2) is 0 Å². The number of carbonyl (C=O) groups is 3. The zero-order chi connectivity index (χ0) is 30.8. The Kier molecular flexibility index (Phi) is 8.04. The summed E-state index contributed by atoms with van der Waals surface area (Å²) >= 11 is 0. The lowest BCUT2D eigenvalue weighted by Crippen LogP contribution is -2.57. The van der Waals surface area contributed by atoms with Crippen molar-refractivity contribution in [2.24, 2.45) is 5.92 Å². The maximum absolute atomic E-state index is 13.6. The van der Waals surface area contributed by atoms with Crippen molar-refractivity contribution < 1.29 is 28.6 Å². The lowest BCUT2D eigenvalue weighted by Gasteiger charge is -2.38. The molecule has 2 atom stereocenters. The second-order valence-corrected chi connectivity index (χ2v) is 11.7. The summed E-state index contributed by atoms with van der Waals surface area (Å²) in [4.78, 5) is 41.6. The van der Waals surface area contributed by atoms with Crippen LogP contribution < -0.4 is 20.1 Å². The third-order valence-corrected chi connectivity index (χ3v) is 8.30. The molecule has 1 saturated heterocycles. The van der Waals surface area contributed by atoms with Gasteiger partial charge in [0, 0.05) is 43.9 Å². The highest BCUT2D eigenvalue weighted by Crippen LogP contribution is 2.32. The molecule has 45 heavy (non-hydrogen) atoms. The molecule has 12 nitrogen and oxygen atoms in total. The summed E-state index contributed by atoms with van der Waals surface area (Å²) in [6.45, 7) is 1.72. The third-order valence-electron chi connectivity index (χ3n) is 8.30. The fourth-order valence-electron chi connectivity index (χ4n) is 5.69. The lowest BCUT2D eigenvalue weighted by molar-refractivity contribution is -0.124. The number of hydrogen-bond acceptors (Lipinski definition) is 8. The van der Waals surface area contributed by atoms with Gasteiger partial charge in [-0.05, 0) is 67.1 Å². The van der Waals surface area contributed by atoms with Gasteiger partial charge in [0.15, 0.2) is 5.65 Å². The van der Waals surface area contributed by atoms with Crippen LogP contribution in [0.3, 0.4) is 0 Å². The predicted octanol–water partition coefficient (Wildman–Crippen LogP) is 3.36. The summed E-state index contributed by atoms with van der Waals surface area (Å²) < 4.78 is 20.2. The predicted molar refractivity (Wildman–Crippen MR) is 162 cm³/mol. The Labute approximate surface area is 259 Å². The average Bonchev–Trinajstić information content (AvgIpc) is 3.75. The van der Waals surface area contributed by atoms with Gasteiger partial charge in [0.1, 0.15) is 23.6 Å². The molecule has 4 aromatic rings. The Morgan fingerprint density at radius 1 is 1.04 bits per heavy atom. The molecule has 2 fully saturated rings. The Morgan fingerprint density at radius 3 is 2.84 bits per heavy atom. The van der Waals surface area contributed by atoms with E-state index in [1.807, 2.05) is 24.3 Å². The first-order chi connectivity index (χ1) is 22.0. The van der Waals surface area contributed by atoms with E-state index in [0.29, 0.717) is 59.5 Å². The molecule has 2 aliphatic heterocycles. The molecule has 2 aromatic heterocycles. The number of benzene rings is 2. The molecule has 4 heterocycles. The van der Waals surface area contributed by atoms with Crippen LogP contribution >= 0.6 is 0 Å². The molecule has 0 unspecified atom stereocenters. The fourth-order valence-corrected chi connectivity index (χ4v) is 5.69. The number of rotatable bonds is 4. The number of fused-ring (bicyclic) bond motifs is 6. The van der Waals surface area contributed by atoms with Crippen molar-refractivity contribution in [1.82, 2.24) is 30.1 Å². The number of likely N-dealkylation sites (tertiary alicyclic amines) is 1. The molecule has 232 valence electrons. The van der Waals surface area contributed by atoms with Gasteiger partial charge in [0.25, 0.3) is 11.8 Å². The molecule has 12 heteroatoms. The number of nitrogens with one attached hydrogen (secondary N) is 2. The van der Waals surface area contributed by atoms with Gasteiger partial charge in [0.2, 0.25) is 5.91 Å². The highest BCUT2D eigenvalue weighted by molar-refractivity contribution is 6.00. The Balaban J connectivity index is 1.11. The number of hydrogen-bond donors (Lipinski definition) is 2. The van der Waals surface area contributed by atoms with Gasteiger partial charge >= 0.3 is 0 Å². The normalized spacial score (nSPS) is 20.8. The molecule has 3 aliphatic rings. The van der Waals surface area contributed by atoms with E-state index >= 15 is 0 Å². The van der Waals surface area contributed by atoms with E-state index in [0.717, 1.165) is 18.4 Å². The molecule has 1 saturated carbocycles. The second-order valence-electron chi connectivity index (χ2n) is 11.7. The smallest absolute Gasteiger partial charge is 0.257 e. The Bertz CT molecular complexity index is 1740. The fraction of sp³-hybridized carbons (Fsp3) is 0.364. The molecule has 0 radical (unpaired) electrons. The zero-order valence-electron chi connectivity index (χ0n) is 24.7. The van der Waals surface area contributed by atoms with E-state index < -0.39 is 6.04 Å². The molecule has 2 aromatic carbocycles. The Hall–Kier alpha value is -4.97. The number of amides is 3. The van der Waals surface area contributed by atoms with Crippen molar-refractivity contribution in [1.29, 1.82) is 0 Å². The van der Waals surface area contributed by atoms with Gasteiger partial charge in [-0.3, -0.25) is 18.8 Å². The van der Waals surface area contributed by atoms with E-state index in [1.54, 1.807) is 52.2 Å². The van der Waals surface area contributed by atoms with E-state index in [1.165, 1.54) is 0 Å². The summed E-state index contributed by atoms with van der Waals surface area (Å²) in [6, 6.07) is 15.8. The van der Waals surface area contributed by atoms with E-state index in [2.05, 4.69) is 20.8 Å². The van der Waals surface area contributed by atoms with E-state index in [4.69, 9.17) is 14.2 Å². The van der Waals surface area contributed by atoms with Crippen LogP contribution in [0.1, 0.15) is 52.0 Å². The summed E-state index contributed by atoms with van der Waals surface area (Å²) in [7, 11) is 0. The zero-order valence-corrected chi connectivity index (χ0v) is 24.7. The van der Waals surface area contributed by atoms with Crippen molar-refractivity contribution in [2.45, 2.75) is 44.4 Å². The second kappa shape index (κ2) is 12.6. The summed E-state index contributed by atoms with van der Waals surface area (Å²) in [5.41, 5.74) is 2.18. The Morgan fingerprint density at radius 2 is 1.96 bits per heavy atom. The van der Waals surface area contributed by atoms with Crippen LogP contribution in [0.5, 0.6) is 17.2 Å². The van der Waals surface area contributed by atoms with Crippen molar-refractivity contribution >= 4 is 23.4 Å². The van der Waals surface area contributed by atoms with Crippen LogP contribution in [-0.4, -0.2) is 75.6 Å². The van der Waals surface area contributed by atoms with Crippen LogP contribution in [0.15, 0.2) is 67.1 Å². The minimum atomic E-state index is -0.459. The van der Waals surface area contributed by atoms with Crippen LogP contribution in [0.4, 0.5) is 0 Å². The van der Waals surface area contributed by atoms with Gasteiger partial charge in [-0.2, -0.15) is 0 Å².